The molecule has 6 heteroatoms. The quantitative estimate of drug-likeness (QED) is 0.592. The molecule has 0 fully saturated rings. The van der Waals surface area contributed by atoms with Gasteiger partial charge in [0.05, 0.1) is 18.8 Å². The van der Waals surface area contributed by atoms with Gasteiger partial charge < -0.3 is 19.5 Å². The minimum Gasteiger partial charge on any atom is -0.493 e. The fraction of sp³-hybridized carbons (Fsp3) is 0.350. The minimum absolute atomic E-state index is 0.241. The Hall–Kier alpha value is -2.05. The maximum atomic E-state index is 12.6. The predicted molar refractivity (Wildman–Crippen MR) is 106 cm³/mol. The van der Waals surface area contributed by atoms with Gasteiger partial charge in [0.1, 0.15) is 18.1 Å². The average molecular weight is 422 g/mol. The van der Waals surface area contributed by atoms with Gasteiger partial charge in [-0.2, -0.15) is 0 Å². The van der Waals surface area contributed by atoms with Gasteiger partial charge in [0.25, 0.3) is 5.91 Å². The first-order chi connectivity index (χ1) is 12.5. The monoisotopic (exact) mass is 421 g/mol. The molecule has 0 aliphatic rings. The molecule has 0 aromatic heterocycles. The van der Waals surface area contributed by atoms with Crippen LogP contribution in [0.1, 0.15) is 24.2 Å². The summed E-state index contributed by atoms with van der Waals surface area (Å²) in [5.41, 5.74) is 1.14. The number of hydrogen-bond acceptors (Lipinski definition) is 4. The molecule has 0 atom stereocenters. The summed E-state index contributed by atoms with van der Waals surface area (Å²) < 4.78 is 17.1. The lowest BCUT2D eigenvalue weighted by atomic mass is 10.2. The molecule has 2 aromatic rings. The van der Waals surface area contributed by atoms with Crippen molar-refractivity contribution in [1.29, 1.82) is 0 Å². The van der Waals surface area contributed by atoms with Crippen molar-refractivity contribution in [2.75, 3.05) is 32.2 Å². The van der Waals surface area contributed by atoms with E-state index in [-0.39, 0.29) is 5.91 Å². The van der Waals surface area contributed by atoms with E-state index < -0.39 is 0 Å². The van der Waals surface area contributed by atoms with Crippen molar-refractivity contribution in [2.45, 2.75) is 13.8 Å². The van der Waals surface area contributed by atoms with E-state index in [1.54, 1.807) is 19.2 Å². The topological polar surface area (TPSA) is 56.8 Å². The Kier molecular flexibility index (Phi) is 7.94. The smallest absolute Gasteiger partial charge is 0.259 e. The van der Waals surface area contributed by atoms with Gasteiger partial charge in [0.2, 0.25) is 0 Å². The lowest BCUT2D eigenvalue weighted by molar-refractivity contribution is 0.101. The van der Waals surface area contributed by atoms with Crippen LogP contribution >= 0.6 is 15.9 Å². The molecule has 2 aromatic carbocycles. The first-order valence-corrected chi connectivity index (χ1v) is 9.24. The first kappa shape index (κ1) is 20.3. The first-order valence-electron chi connectivity index (χ1n) is 8.45. The molecule has 26 heavy (non-hydrogen) atoms. The van der Waals surface area contributed by atoms with Crippen molar-refractivity contribution < 1.29 is 19.0 Å². The number of nitrogens with one attached hydrogen (secondary N) is 1. The molecule has 0 aliphatic carbocycles. The number of carbonyl (C=O) groups excluding carboxylic acids is 1. The fourth-order valence-corrected chi connectivity index (χ4v) is 2.50. The second-order valence-corrected chi connectivity index (χ2v) is 7.08. The number of anilines is 1. The van der Waals surface area contributed by atoms with Gasteiger partial charge in [-0.15, -0.1) is 0 Å². The van der Waals surface area contributed by atoms with Crippen LogP contribution < -0.4 is 14.8 Å². The molecule has 0 heterocycles. The van der Waals surface area contributed by atoms with Crippen LogP contribution in [0.25, 0.3) is 0 Å². The van der Waals surface area contributed by atoms with E-state index in [1.807, 2.05) is 30.3 Å². The van der Waals surface area contributed by atoms with Gasteiger partial charge in [-0.3, -0.25) is 4.79 Å². The summed E-state index contributed by atoms with van der Waals surface area (Å²) in [6, 6.07) is 12.6. The molecule has 5 nitrogen and oxygen atoms in total. The van der Waals surface area contributed by atoms with Crippen molar-refractivity contribution in [3.05, 3.63) is 52.5 Å². The fourth-order valence-electron chi connectivity index (χ4n) is 2.14. The number of halogens is 1. The third-order valence-corrected chi connectivity index (χ3v) is 3.92. The summed E-state index contributed by atoms with van der Waals surface area (Å²) in [6.07, 6.45) is 0. The maximum absolute atomic E-state index is 12.6. The largest absolute Gasteiger partial charge is 0.493 e. The Morgan fingerprint density at radius 2 is 1.81 bits per heavy atom. The van der Waals surface area contributed by atoms with Crippen molar-refractivity contribution in [3.8, 4) is 11.5 Å². The lowest BCUT2D eigenvalue weighted by Crippen LogP contribution is -2.15. The molecule has 0 saturated carbocycles. The summed E-state index contributed by atoms with van der Waals surface area (Å²) in [5.74, 6) is 1.51. The van der Waals surface area contributed by atoms with Crippen molar-refractivity contribution >= 4 is 27.5 Å². The Bertz CT molecular complexity index is 716. The zero-order chi connectivity index (χ0) is 18.9. The highest BCUT2D eigenvalue weighted by atomic mass is 79.9. The van der Waals surface area contributed by atoms with E-state index in [0.29, 0.717) is 42.7 Å². The normalized spacial score (nSPS) is 10.7. The van der Waals surface area contributed by atoms with Crippen molar-refractivity contribution in [1.82, 2.24) is 0 Å². The number of hydrogen-bond donors (Lipinski definition) is 1. The zero-order valence-corrected chi connectivity index (χ0v) is 16.8. The van der Waals surface area contributed by atoms with Gasteiger partial charge in [0, 0.05) is 17.3 Å². The van der Waals surface area contributed by atoms with E-state index in [9.17, 15) is 4.79 Å². The zero-order valence-electron chi connectivity index (χ0n) is 15.3. The number of ether oxygens (including phenoxy) is 3. The Labute approximate surface area is 162 Å². The average Bonchev–Trinajstić information content (AvgIpc) is 2.62. The molecule has 140 valence electrons. The van der Waals surface area contributed by atoms with Crippen LogP contribution in [0.3, 0.4) is 0 Å². The molecule has 1 N–H and O–H groups in total. The number of methoxy groups -OCH3 is 1. The van der Waals surface area contributed by atoms with E-state index >= 15 is 0 Å². The molecule has 1 amide bonds. The van der Waals surface area contributed by atoms with E-state index in [0.717, 1.165) is 10.2 Å². The number of amides is 1. The van der Waals surface area contributed by atoms with Crippen LogP contribution in [0.2, 0.25) is 0 Å². The second kappa shape index (κ2) is 10.2. The molecule has 0 unspecified atom stereocenters. The molecule has 0 radical (unpaired) electrons. The van der Waals surface area contributed by atoms with Crippen LogP contribution in [0.4, 0.5) is 5.69 Å². The third-order valence-electron chi connectivity index (χ3n) is 3.43. The van der Waals surface area contributed by atoms with Crippen molar-refractivity contribution in [2.24, 2.45) is 5.92 Å². The maximum Gasteiger partial charge on any atom is 0.259 e. The number of rotatable bonds is 9. The second-order valence-electron chi connectivity index (χ2n) is 6.17. The van der Waals surface area contributed by atoms with Crippen LogP contribution in [0.5, 0.6) is 11.5 Å². The Balaban J connectivity index is 2.05. The molecular formula is C20H24BrNO4. The summed E-state index contributed by atoms with van der Waals surface area (Å²) in [7, 11) is 1.60. The molecule has 0 aliphatic heterocycles. The van der Waals surface area contributed by atoms with E-state index in [2.05, 4.69) is 35.1 Å². The Morgan fingerprint density at radius 1 is 1.08 bits per heavy atom. The summed E-state index contributed by atoms with van der Waals surface area (Å²) in [4.78, 5) is 12.6. The van der Waals surface area contributed by atoms with Crippen LogP contribution in [-0.4, -0.2) is 32.8 Å². The van der Waals surface area contributed by atoms with Gasteiger partial charge in [-0.1, -0.05) is 29.8 Å². The van der Waals surface area contributed by atoms with Crippen molar-refractivity contribution in [3.63, 3.8) is 0 Å². The summed E-state index contributed by atoms with van der Waals surface area (Å²) in [6.45, 7) is 5.68. The minimum atomic E-state index is -0.241. The summed E-state index contributed by atoms with van der Waals surface area (Å²) in [5, 5.41) is 2.88. The van der Waals surface area contributed by atoms with E-state index in [4.69, 9.17) is 14.2 Å². The highest BCUT2D eigenvalue weighted by molar-refractivity contribution is 9.10. The third kappa shape index (κ3) is 6.35. The molecule has 2 rings (SSSR count). The van der Waals surface area contributed by atoms with Crippen LogP contribution in [0, 0.1) is 5.92 Å². The molecule has 0 bridgehead atoms. The highest BCUT2D eigenvalue weighted by Crippen LogP contribution is 2.25. The lowest BCUT2D eigenvalue weighted by Gasteiger charge is -2.13. The summed E-state index contributed by atoms with van der Waals surface area (Å²) >= 11 is 3.39. The van der Waals surface area contributed by atoms with Gasteiger partial charge in [-0.25, -0.2) is 0 Å². The van der Waals surface area contributed by atoms with Gasteiger partial charge in [-0.05, 0) is 48.4 Å². The van der Waals surface area contributed by atoms with Gasteiger partial charge >= 0.3 is 0 Å². The number of carbonyl (C=O) groups is 1. The molecule has 0 saturated heterocycles. The van der Waals surface area contributed by atoms with E-state index in [1.165, 1.54) is 0 Å². The SMILES string of the molecule is COCCOc1ccc(Br)cc1C(=O)Nc1ccc(OCC(C)C)cc1. The molecule has 0 spiro atoms. The van der Waals surface area contributed by atoms with Gasteiger partial charge in [0.15, 0.2) is 0 Å². The highest BCUT2D eigenvalue weighted by Gasteiger charge is 2.14. The Morgan fingerprint density at radius 3 is 2.46 bits per heavy atom. The standard InChI is InChI=1S/C20H24BrNO4/c1-14(2)13-26-17-7-5-16(6-8-17)22-20(23)18-12-15(21)4-9-19(18)25-11-10-24-3/h4-9,12,14H,10-11,13H2,1-3H3,(H,22,23). The molecular weight excluding hydrogens is 398 g/mol. The number of benzene rings is 2. The predicted octanol–water partition coefficient (Wildman–Crippen LogP) is 4.76. The van der Waals surface area contributed by atoms with Crippen LogP contribution in [0.15, 0.2) is 46.9 Å². The van der Waals surface area contributed by atoms with Crippen LogP contribution in [-0.2, 0) is 4.74 Å².